The molecule has 1 saturated heterocycles. The second-order valence-corrected chi connectivity index (χ2v) is 4.95. The van der Waals surface area contributed by atoms with Gasteiger partial charge in [0.2, 0.25) is 0 Å². The van der Waals surface area contributed by atoms with E-state index in [1.54, 1.807) is 0 Å². The summed E-state index contributed by atoms with van der Waals surface area (Å²) in [5.74, 6) is -1.04. The molecular weight excluding hydrogens is 292 g/mol. The third-order valence-electron chi connectivity index (χ3n) is 3.55. The van der Waals surface area contributed by atoms with E-state index in [-0.39, 0.29) is 32.4 Å². The van der Waals surface area contributed by atoms with Crippen LogP contribution < -0.4 is 0 Å². The highest BCUT2D eigenvalue weighted by molar-refractivity contribution is 5.66. The van der Waals surface area contributed by atoms with Crippen LogP contribution in [-0.2, 0) is 4.79 Å². The number of carboxylic acid groups (broad SMARTS) is 1. The van der Waals surface area contributed by atoms with Crippen LogP contribution in [0.3, 0.4) is 0 Å². The van der Waals surface area contributed by atoms with E-state index in [1.165, 1.54) is 0 Å². The molecule has 0 atom stereocenters. The highest BCUT2D eigenvalue weighted by atomic mass is 19.4. The fourth-order valence-corrected chi connectivity index (χ4v) is 2.31. The molecule has 0 radical (unpaired) electrons. The van der Waals surface area contributed by atoms with Gasteiger partial charge in [-0.15, -0.1) is 0 Å². The van der Waals surface area contributed by atoms with Gasteiger partial charge >= 0.3 is 18.3 Å². The van der Waals surface area contributed by atoms with Gasteiger partial charge in [-0.1, -0.05) is 0 Å². The van der Waals surface area contributed by atoms with Crippen LogP contribution in [0.25, 0.3) is 0 Å². The van der Waals surface area contributed by atoms with Crippen LogP contribution in [-0.4, -0.2) is 48.0 Å². The normalized spacial score (nSPS) is 20.3. The number of likely N-dealkylation sites (tertiary alicyclic amines) is 1. The number of aliphatic carboxylic acids is 1. The van der Waals surface area contributed by atoms with E-state index in [9.17, 15) is 31.1 Å². The van der Waals surface area contributed by atoms with Crippen molar-refractivity contribution in [3.63, 3.8) is 0 Å². The maximum atomic E-state index is 12.8. The van der Waals surface area contributed by atoms with Gasteiger partial charge in [-0.2, -0.15) is 26.3 Å². The smallest absolute Gasteiger partial charge is 0.404 e. The summed E-state index contributed by atoms with van der Waals surface area (Å²) in [4.78, 5) is 11.4. The first-order valence-electron chi connectivity index (χ1n) is 6.07. The number of nitrogens with zero attached hydrogens (tertiary/aromatic N) is 1. The standard InChI is InChI=1S/C11H15F6NO2/c12-10(13,14)9(11(15,16)17)4-6-18(7-9)5-2-1-3-8(19)20/h1-7H2,(H,19,20). The van der Waals surface area contributed by atoms with E-state index in [2.05, 4.69) is 0 Å². The number of unbranched alkanes of at least 4 members (excludes halogenated alkanes) is 1. The van der Waals surface area contributed by atoms with Crippen molar-refractivity contribution in [1.82, 2.24) is 4.90 Å². The van der Waals surface area contributed by atoms with Crippen LogP contribution in [0.2, 0.25) is 0 Å². The Balaban J connectivity index is 2.61. The van der Waals surface area contributed by atoms with Crippen molar-refractivity contribution in [3.05, 3.63) is 0 Å². The second-order valence-electron chi connectivity index (χ2n) is 4.95. The summed E-state index contributed by atoms with van der Waals surface area (Å²) in [6, 6.07) is 0. The van der Waals surface area contributed by atoms with Crippen LogP contribution in [0.5, 0.6) is 0 Å². The Morgan fingerprint density at radius 1 is 1.10 bits per heavy atom. The lowest BCUT2D eigenvalue weighted by molar-refractivity contribution is -0.335. The molecule has 1 heterocycles. The van der Waals surface area contributed by atoms with Crippen molar-refractivity contribution in [3.8, 4) is 0 Å². The Morgan fingerprint density at radius 2 is 1.65 bits per heavy atom. The van der Waals surface area contributed by atoms with Crippen molar-refractivity contribution in [2.45, 2.75) is 38.0 Å². The number of halogens is 6. The number of rotatable bonds is 5. The summed E-state index contributed by atoms with van der Waals surface area (Å²) in [7, 11) is 0. The van der Waals surface area contributed by atoms with Gasteiger partial charge in [0.05, 0.1) is 0 Å². The molecule has 118 valence electrons. The van der Waals surface area contributed by atoms with E-state index in [0.717, 1.165) is 4.90 Å². The van der Waals surface area contributed by atoms with Crippen molar-refractivity contribution >= 4 is 5.97 Å². The van der Waals surface area contributed by atoms with E-state index < -0.39 is 36.7 Å². The molecule has 0 unspecified atom stereocenters. The average molecular weight is 307 g/mol. The summed E-state index contributed by atoms with van der Waals surface area (Å²) in [5, 5.41) is 8.39. The lowest BCUT2D eigenvalue weighted by Crippen LogP contribution is -2.51. The minimum atomic E-state index is -5.33. The Morgan fingerprint density at radius 3 is 2.05 bits per heavy atom. The van der Waals surface area contributed by atoms with E-state index in [0.29, 0.717) is 0 Å². The number of hydrogen-bond donors (Lipinski definition) is 1. The lowest BCUT2D eigenvalue weighted by atomic mass is 9.85. The Bertz CT molecular complexity index is 338. The highest BCUT2D eigenvalue weighted by Crippen LogP contribution is 2.55. The topological polar surface area (TPSA) is 40.5 Å². The number of alkyl halides is 6. The van der Waals surface area contributed by atoms with Gasteiger partial charge in [-0.05, 0) is 32.4 Å². The van der Waals surface area contributed by atoms with Gasteiger partial charge in [0.25, 0.3) is 0 Å². The fraction of sp³-hybridized carbons (Fsp3) is 0.909. The molecule has 1 rings (SSSR count). The molecule has 1 aliphatic heterocycles. The second kappa shape index (κ2) is 5.79. The summed E-state index contributed by atoms with van der Waals surface area (Å²) < 4.78 is 76.5. The zero-order valence-electron chi connectivity index (χ0n) is 10.5. The van der Waals surface area contributed by atoms with Crippen LogP contribution >= 0.6 is 0 Å². The maximum absolute atomic E-state index is 12.8. The predicted molar refractivity (Wildman–Crippen MR) is 57.1 cm³/mol. The molecule has 0 aliphatic carbocycles. The van der Waals surface area contributed by atoms with Crippen LogP contribution in [0.4, 0.5) is 26.3 Å². The van der Waals surface area contributed by atoms with Gasteiger partial charge in [-0.25, -0.2) is 0 Å². The molecule has 0 spiro atoms. The molecule has 1 fully saturated rings. The molecule has 1 N–H and O–H groups in total. The molecule has 0 amide bonds. The highest BCUT2D eigenvalue weighted by Gasteiger charge is 2.72. The molecule has 20 heavy (non-hydrogen) atoms. The SMILES string of the molecule is O=C(O)CCCCN1CCC(C(F)(F)F)(C(F)(F)F)C1. The predicted octanol–water partition coefficient (Wildman–Crippen LogP) is 3.06. The van der Waals surface area contributed by atoms with Gasteiger partial charge in [0.15, 0.2) is 5.41 Å². The minimum absolute atomic E-state index is 0.0428. The van der Waals surface area contributed by atoms with Gasteiger partial charge in [0, 0.05) is 13.0 Å². The first-order valence-corrected chi connectivity index (χ1v) is 6.07. The van der Waals surface area contributed by atoms with Crippen molar-refractivity contribution in [2.24, 2.45) is 5.41 Å². The Kier molecular flexibility index (Phi) is 4.94. The summed E-state index contributed by atoms with van der Waals surface area (Å²) >= 11 is 0. The summed E-state index contributed by atoms with van der Waals surface area (Å²) in [5.41, 5.74) is -3.66. The Labute approximate surface area is 111 Å². The minimum Gasteiger partial charge on any atom is -0.481 e. The molecular formula is C11H15F6NO2. The van der Waals surface area contributed by atoms with Crippen molar-refractivity contribution in [1.29, 1.82) is 0 Å². The molecule has 1 aliphatic rings. The maximum Gasteiger partial charge on any atom is 0.404 e. The van der Waals surface area contributed by atoms with E-state index >= 15 is 0 Å². The average Bonchev–Trinajstić information content (AvgIpc) is 2.68. The fourth-order valence-electron chi connectivity index (χ4n) is 2.31. The van der Waals surface area contributed by atoms with Gasteiger partial charge in [-0.3, -0.25) is 4.79 Å². The molecule has 3 nitrogen and oxygen atoms in total. The molecule has 0 aromatic rings. The molecule has 0 aromatic carbocycles. The first kappa shape index (κ1) is 17.1. The third-order valence-corrected chi connectivity index (χ3v) is 3.55. The molecule has 0 bridgehead atoms. The Hall–Kier alpha value is -0.990. The zero-order chi connectivity index (χ0) is 15.6. The van der Waals surface area contributed by atoms with Gasteiger partial charge in [0.1, 0.15) is 0 Å². The van der Waals surface area contributed by atoms with E-state index in [1.807, 2.05) is 0 Å². The molecule has 9 heteroatoms. The monoisotopic (exact) mass is 307 g/mol. The first-order chi connectivity index (χ1) is 8.99. The lowest BCUT2D eigenvalue weighted by Gasteiger charge is -2.33. The molecule has 0 aromatic heterocycles. The third kappa shape index (κ3) is 3.56. The van der Waals surface area contributed by atoms with Crippen LogP contribution in [0.15, 0.2) is 0 Å². The largest absolute Gasteiger partial charge is 0.481 e. The molecule has 0 saturated carbocycles. The number of hydrogen-bond acceptors (Lipinski definition) is 2. The quantitative estimate of drug-likeness (QED) is 0.627. The van der Waals surface area contributed by atoms with Crippen molar-refractivity contribution < 1.29 is 36.2 Å². The summed E-state index contributed by atoms with van der Waals surface area (Å²) in [6.07, 6.45) is -11.3. The number of carbonyl (C=O) groups is 1. The van der Waals surface area contributed by atoms with Crippen molar-refractivity contribution in [2.75, 3.05) is 19.6 Å². The van der Waals surface area contributed by atoms with E-state index in [4.69, 9.17) is 5.11 Å². The van der Waals surface area contributed by atoms with Crippen LogP contribution in [0, 0.1) is 5.41 Å². The summed E-state index contributed by atoms with van der Waals surface area (Å²) in [6.45, 7) is -1.35. The van der Waals surface area contributed by atoms with Crippen LogP contribution in [0.1, 0.15) is 25.7 Å². The number of carboxylic acids is 1. The zero-order valence-corrected chi connectivity index (χ0v) is 10.5. The van der Waals surface area contributed by atoms with Gasteiger partial charge < -0.3 is 10.0 Å².